The lowest BCUT2D eigenvalue weighted by Gasteiger charge is -2.35. The largest absolute Gasteiger partial charge is 0.394 e. The highest BCUT2D eigenvalue weighted by molar-refractivity contribution is 5.61. The fourth-order valence-electron chi connectivity index (χ4n) is 1.71. The molecule has 1 aliphatic rings. The molecule has 0 spiro atoms. The summed E-state index contributed by atoms with van der Waals surface area (Å²) in [5.74, 6) is 0.408. The summed E-state index contributed by atoms with van der Waals surface area (Å²) in [6.07, 6.45) is 1.30. The Hall–Kier alpha value is -1.60. The Morgan fingerprint density at radius 2 is 2.56 bits per heavy atom. The molecule has 1 fully saturated rings. The summed E-state index contributed by atoms with van der Waals surface area (Å²) in [5, 5.41) is 9.21. The maximum absolute atomic E-state index is 11.3. The molecule has 0 radical (unpaired) electrons. The lowest BCUT2D eigenvalue weighted by Crippen LogP contribution is -2.48. The van der Waals surface area contributed by atoms with Crippen molar-refractivity contribution in [1.29, 1.82) is 0 Å². The number of H-pyrrole nitrogens is 1. The number of aromatic amines is 1. The molecule has 7 nitrogen and oxygen atoms in total. The van der Waals surface area contributed by atoms with Gasteiger partial charge in [-0.1, -0.05) is 0 Å². The molecule has 0 saturated carbocycles. The van der Waals surface area contributed by atoms with Crippen LogP contribution >= 0.6 is 0 Å². The van der Waals surface area contributed by atoms with E-state index in [9.17, 15) is 9.90 Å². The van der Waals surface area contributed by atoms with Crippen LogP contribution in [0.5, 0.6) is 0 Å². The zero-order valence-corrected chi connectivity index (χ0v) is 8.72. The number of nitrogens with zero attached hydrogens (tertiary/aromatic N) is 2. The van der Waals surface area contributed by atoms with Crippen LogP contribution in [0.15, 0.2) is 11.1 Å². The predicted octanol–water partition coefficient (Wildman–Crippen LogP) is -1.45. The zero-order chi connectivity index (χ0) is 11.5. The van der Waals surface area contributed by atoms with Crippen LogP contribution in [-0.4, -0.2) is 47.5 Å². The third-order valence-corrected chi connectivity index (χ3v) is 2.58. The number of nitrogens with one attached hydrogen (secondary N) is 1. The van der Waals surface area contributed by atoms with Crippen LogP contribution in [0, 0.1) is 0 Å². The van der Waals surface area contributed by atoms with Gasteiger partial charge in [-0.05, 0) is 0 Å². The zero-order valence-electron chi connectivity index (χ0n) is 8.72. The monoisotopic (exact) mass is 226 g/mol. The Labute approximate surface area is 91.9 Å². The summed E-state index contributed by atoms with van der Waals surface area (Å²) >= 11 is 0. The number of hydrogen-bond acceptors (Lipinski definition) is 6. The summed E-state index contributed by atoms with van der Waals surface area (Å²) in [6, 6.07) is -0.203. The highest BCUT2D eigenvalue weighted by atomic mass is 16.5. The first-order chi connectivity index (χ1) is 7.74. The standard InChI is InChI=1S/C9H14N4O3/c10-7-8(11-5-12-9(7)15)13-1-2-16-4-6(13)3-14/h5-6,14H,1-4,10H2,(H,11,12,15). The smallest absolute Gasteiger partial charge is 0.276 e. The van der Waals surface area contributed by atoms with Crippen molar-refractivity contribution in [3.05, 3.63) is 16.7 Å². The van der Waals surface area contributed by atoms with Crippen molar-refractivity contribution < 1.29 is 9.84 Å². The van der Waals surface area contributed by atoms with E-state index in [1.165, 1.54) is 6.33 Å². The second kappa shape index (κ2) is 4.50. The maximum Gasteiger partial charge on any atom is 0.276 e. The van der Waals surface area contributed by atoms with Gasteiger partial charge in [-0.2, -0.15) is 0 Å². The molecule has 4 N–H and O–H groups in total. The molecule has 1 atom stereocenters. The van der Waals surface area contributed by atoms with Crippen LogP contribution in [0.2, 0.25) is 0 Å². The lowest BCUT2D eigenvalue weighted by molar-refractivity contribution is 0.0723. The molecule has 1 aromatic rings. The lowest BCUT2D eigenvalue weighted by atomic mass is 10.2. The average Bonchev–Trinajstić information content (AvgIpc) is 2.33. The van der Waals surface area contributed by atoms with E-state index in [1.54, 1.807) is 4.90 Å². The minimum absolute atomic E-state index is 0.0616. The molecule has 1 aliphatic heterocycles. The van der Waals surface area contributed by atoms with Gasteiger partial charge in [-0.3, -0.25) is 4.79 Å². The number of aliphatic hydroxyl groups is 1. The summed E-state index contributed by atoms with van der Waals surface area (Å²) in [4.78, 5) is 19.6. The quantitative estimate of drug-likeness (QED) is 0.570. The molecule has 1 aromatic heterocycles. The first kappa shape index (κ1) is 10.9. The molecule has 0 bridgehead atoms. The Balaban J connectivity index is 2.34. The van der Waals surface area contributed by atoms with Gasteiger partial charge in [-0.25, -0.2) is 4.98 Å². The molecule has 16 heavy (non-hydrogen) atoms. The van der Waals surface area contributed by atoms with Crippen molar-refractivity contribution in [2.24, 2.45) is 0 Å². The first-order valence-corrected chi connectivity index (χ1v) is 5.02. The number of nitrogen functional groups attached to an aromatic ring is 1. The Kier molecular flexibility index (Phi) is 3.07. The molecule has 7 heteroatoms. The van der Waals surface area contributed by atoms with Crippen molar-refractivity contribution in [2.75, 3.05) is 37.0 Å². The second-order valence-electron chi connectivity index (χ2n) is 3.57. The van der Waals surface area contributed by atoms with Gasteiger partial charge in [-0.15, -0.1) is 0 Å². The third-order valence-electron chi connectivity index (χ3n) is 2.58. The van der Waals surface area contributed by atoms with Crippen LogP contribution < -0.4 is 16.2 Å². The van der Waals surface area contributed by atoms with E-state index in [2.05, 4.69) is 9.97 Å². The van der Waals surface area contributed by atoms with E-state index >= 15 is 0 Å². The average molecular weight is 226 g/mol. The Morgan fingerprint density at radius 1 is 1.75 bits per heavy atom. The summed E-state index contributed by atoms with van der Waals surface area (Å²) in [7, 11) is 0. The Morgan fingerprint density at radius 3 is 3.31 bits per heavy atom. The number of anilines is 2. The van der Waals surface area contributed by atoms with Gasteiger partial charge in [0.2, 0.25) is 0 Å². The van der Waals surface area contributed by atoms with Crippen molar-refractivity contribution in [3.8, 4) is 0 Å². The van der Waals surface area contributed by atoms with Gasteiger partial charge in [0, 0.05) is 6.54 Å². The molecular formula is C9H14N4O3. The minimum atomic E-state index is -0.367. The maximum atomic E-state index is 11.3. The summed E-state index contributed by atoms with van der Waals surface area (Å²) < 4.78 is 5.24. The highest BCUT2D eigenvalue weighted by Gasteiger charge is 2.25. The van der Waals surface area contributed by atoms with Crippen molar-refractivity contribution in [2.45, 2.75) is 6.04 Å². The number of rotatable bonds is 2. The SMILES string of the molecule is Nc1c(N2CCOCC2CO)nc[nH]c1=O. The highest BCUT2D eigenvalue weighted by Crippen LogP contribution is 2.20. The molecule has 1 unspecified atom stereocenters. The normalized spacial score (nSPS) is 21.1. The van der Waals surface area contributed by atoms with Crippen LogP contribution in [0.3, 0.4) is 0 Å². The topological polar surface area (TPSA) is 104 Å². The van der Waals surface area contributed by atoms with Crippen molar-refractivity contribution >= 4 is 11.5 Å². The number of aliphatic hydroxyl groups excluding tert-OH is 1. The van der Waals surface area contributed by atoms with E-state index < -0.39 is 0 Å². The van der Waals surface area contributed by atoms with Gasteiger partial charge in [0.25, 0.3) is 5.56 Å². The molecule has 2 heterocycles. The van der Waals surface area contributed by atoms with Gasteiger partial charge < -0.3 is 25.5 Å². The number of aromatic nitrogens is 2. The molecule has 88 valence electrons. The second-order valence-corrected chi connectivity index (χ2v) is 3.57. The van der Waals surface area contributed by atoms with E-state index in [-0.39, 0.29) is 23.9 Å². The molecule has 0 aromatic carbocycles. The predicted molar refractivity (Wildman–Crippen MR) is 58.3 cm³/mol. The molecule has 2 rings (SSSR count). The summed E-state index contributed by atoms with van der Waals surface area (Å²) in [5.41, 5.74) is 5.36. The Bertz CT molecular complexity index is 419. The number of ether oxygens (including phenoxy) is 1. The van der Waals surface area contributed by atoms with Gasteiger partial charge in [0.05, 0.1) is 32.2 Å². The van der Waals surface area contributed by atoms with Gasteiger partial charge in [0.15, 0.2) is 5.82 Å². The third kappa shape index (κ3) is 1.86. The van der Waals surface area contributed by atoms with E-state index in [4.69, 9.17) is 10.5 Å². The molecule has 0 amide bonds. The van der Waals surface area contributed by atoms with Crippen LogP contribution in [-0.2, 0) is 4.74 Å². The molecular weight excluding hydrogens is 212 g/mol. The first-order valence-electron chi connectivity index (χ1n) is 5.02. The van der Waals surface area contributed by atoms with E-state index in [0.29, 0.717) is 25.6 Å². The fourth-order valence-corrected chi connectivity index (χ4v) is 1.71. The van der Waals surface area contributed by atoms with Crippen LogP contribution in [0.1, 0.15) is 0 Å². The van der Waals surface area contributed by atoms with Crippen molar-refractivity contribution in [3.63, 3.8) is 0 Å². The fraction of sp³-hybridized carbons (Fsp3) is 0.556. The van der Waals surface area contributed by atoms with E-state index in [0.717, 1.165) is 0 Å². The summed E-state index contributed by atoms with van der Waals surface area (Å²) in [6.45, 7) is 1.44. The van der Waals surface area contributed by atoms with Gasteiger partial charge >= 0.3 is 0 Å². The van der Waals surface area contributed by atoms with Crippen LogP contribution in [0.25, 0.3) is 0 Å². The van der Waals surface area contributed by atoms with Crippen molar-refractivity contribution in [1.82, 2.24) is 9.97 Å². The van der Waals surface area contributed by atoms with E-state index in [1.807, 2.05) is 0 Å². The number of hydrogen-bond donors (Lipinski definition) is 3. The molecule has 1 saturated heterocycles. The van der Waals surface area contributed by atoms with Gasteiger partial charge in [0.1, 0.15) is 5.69 Å². The van der Waals surface area contributed by atoms with Crippen LogP contribution in [0.4, 0.5) is 11.5 Å². The molecule has 0 aliphatic carbocycles. The number of nitrogens with two attached hydrogens (primary N) is 1. The number of morpholine rings is 1. The minimum Gasteiger partial charge on any atom is -0.394 e.